The van der Waals surface area contributed by atoms with Crippen molar-refractivity contribution in [3.05, 3.63) is 93.5 Å². The molecule has 0 bridgehead atoms. The molecule has 0 amide bonds. The highest BCUT2D eigenvalue weighted by molar-refractivity contribution is 5.92. The first kappa shape index (κ1) is 18.2. The second kappa shape index (κ2) is 7.22. The van der Waals surface area contributed by atoms with Gasteiger partial charge in [-0.15, -0.1) is 0 Å². The first-order valence-corrected chi connectivity index (χ1v) is 9.79. The molecule has 3 aromatic carbocycles. The highest BCUT2D eigenvalue weighted by Crippen LogP contribution is 2.42. The van der Waals surface area contributed by atoms with Gasteiger partial charge in [-0.05, 0) is 41.8 Å². The molecule has 0 fully saturated rings. The van der Waals surface area contributed by atoms with Gasteiger partial charge in [-0.2, -0.15) is 0 Å². The molecule has 4 aromatic rings. The van der Waals surface area contributed by atoms with Crippen LogP contribution in [0.3, 0.4) is 0 Å². The summed E-state index contributed by atoms with van der Waals surface area (Å²) in [5.74, 6) is 0.843. The quantitative estimate of drug-likeness (QED) is 0.365. The van der Waals surface area contributed by atoms with Crippen LogP contribution in [0.5, 0.6) is 11.5 Å². The van der Waals surface area contributed by atoms with Crippen molar-refractivity contribution < 1.29 is 14.4 Å². The molecule has 30 heavy (non-hydrogen) atoms. The Labute approximate surface area is 173 Å². The molecule has 0 spiro atoms. The summed E-state index contributed by atoms with van der Waals surface area (Å²) in [7, 11) is 0. The van der Waals surface area contributed by atoms with Gasteiger partial charge in [0.05, 0.1) is 11.6 Å². The van der Waals surface area contributed by atoms with Gasteiger partial charge < -0.3 is 14.5 Å². The maximum absolute atomic E-state index is 11.7. The lowest BCUT2D eigenvalue weighted by atomic mass is 9.87. The molecular weight excluding hydrogens is 380 g/mol. The molecule has 6 heteroatoms. The standard InChI is InChI=1S/C24H20N2O4/c1-15-6-8-16(9-7-15)24-23(18-4-2-3-5-20(18)25-24)19(13-26(27)28)17-10-11-21-22(12-17)30-14-29-21/h2-12,19,25H,13-14H2,1H3/t19-/m0/s1. The molecule has 6 nitrogen and oxygen atoms in total. The fraction of sp³-hybridized carbons (Fsp3) is 0.167. The van der Waals surface area contributed by atoms with Crippen LogP contribution in [0.1, 0.15) is 22.6 Å². The third-order valence-electron chi connectivity index (χ3n) is 5.57. The number of aromatic nitrogens is 1. The average molecular weight is 400 g/mol. The van der Waals surface area contributed by atoms with E-state index < -0.39 is 5.92 Å². The molecular formula is C24H20N2O4. The number of aromatic amines is 1. The number of H-pyrrole nitrogens is 1. The zero-order valence-electron chi connectivity index (χ0n) is 16.4. The van der Waals surface area contributed by atoms with Crippen LogP contribution in [-0.2, 0) is 0 Å². The van der Waals surface area contributed by atoms with Crippen molar-refractivity contribution in [2.75, 3.05) is 13.3 Å². The maximum Gasteiger partial charge on any atom is 0.231 e. The molecule has 0 unspecified atom stereocenters. The van der Waals surface area contributed by atoms with E-state index in [9.17, 15) is 10.1 Å². The van der Waals surface area contributed by atoms with Gasteiger partial charge in [-0.25, -0.2) is 0 Å². The van der Waals surface area contributed by atoms with E-state index >= 15 is 0 Å². The van der Waals surface area contributed by atoms with E-state index in [0.29, 0.717) is 11.5 Å². The van der Waals surface area contributed by atoms with Crippen LogP contribution in [0.4, 0.5) is 0 Å². The van der Waals surface area contributed by atoms with Gasteiger partial charge in [-0.3, -0.25) is 10.1 Å². The Balaban J connectivity index is 1.74. The van der Waals surface area contributed by atoms with Crippen molar-refractivity contribution in [1.82, 2.24) is 4.98 Å². The summed E-state index contributed by atoms with van der Waals surface area (Å²) in [6.07, 6.45) is 0. The highest BCUT2D eigenvalue weighted by Gasteiger charge is 2.29. The molecule has 0 saturated carbocycles. The van der Waals surface area contributed by atoms with Gasteiger partial charge >= 0.3 is 0 Å². The number of nitrogens with zero attached hydrogens (tertiary/aromatic N) is 1. The summed E-state index contributed by atoms with van der Waals surface area (Å²) in [6, 6.07) is 21.7. The Morgan fingerprint density at radius 3 is 2.60 bits per heavy atom. The van der Waals surface area contributed by atoms with E-state index in [0.717, 1.165) is 38.9 Å². The highest BCUT2D eigenvalue weighted by atomic mass is 16.7. The summed E-state index contributed by atoms with van der Waals surface area (Å²) in [5, 5.41) is 12.7. The number of fused-ring (bicyclic) bond motifs is 2. The lowest BCUT2D eigenvalue weighted by molar-refractivity contribution is -0.481. The Morgan fingerprint density at radius 1 is 1.03 bits per heavy atom. The van der Waals surface area contributed by atoms with Gasteiger partial charge in [0, 0.05) is 15.8 Å². The molecule has 0 aliphatic carbocycles. The first-order chi connectivity index (χ1) is 14.6. The minimum atomic E-state index is -0.443. The number of hydrogen-bond acceptors (Lipinski definition) is 4. The third-order valence-corrected chi connectivity index (χ3v) is 5.57. The third kappa shape index (κ3) is 3.16. The van der Waals surface area contributed by atoms with E-state index in [4.69, 9.17) is 9.47 Å². The predicted octanol–water partition coefficient (Wildman–Crippen LogP) is 5.28. The van der Waals surface area contributed by atoms with Crippen molar-refractivity contribution in [2.45, 2.75) is 12.8 Å². The van der Waals surface area contributed by atoms with Crippen LogP contribution in [0.15, 0.2) is 66.7 Å². The van der Waals surface area contributed by atoms with Crippen LogP contribution in [0.25, 0.3) is 22.2 Å². The minimum absolute atomic E-state index is 0.167. The summed E-state index contributed by atoms with van der Waals surface area (Å²) in [5.41, 5.74) is 5.77. The molecule has 0 saturated heterocycles. The minimum Gasteiger partial charge on any atom is -0.454 e. The normalized spacial score (nSPS) is 13.5. The number of nitro groups is 1. The largest absolute Gasteiger partial charge is 0.454 e. The van der Waals surface area contributed by atoms with Crippen LogP contribution < -0.4 is 9.47 Å². The molecule has 0 radical (unpaired) electrons. The first-order valence-electron chi connectivity index (χ1n) is 9.79. The smallest absolute Gasteiger partial charge is 0.231 e. The topological polar surface area (TPSA) is 77.4 Å². The van der Waals surface area contributed by atoms with E-state index in [1.807, 2.05) is 73.7 Å². The second-order valence-electron chi connectivity index (χ2n) is 7.51. The average Bonchev–Trinajstić information content (AvgIpc) is 3.36. The number of aryl methyl sites for hydroxylation is 1. The summed E-state index contributed by atoms with van der Waals surface area (Å²) in [6.45, 7) is 1.98. The fourth-order valence-electron chi connectivity index (χ4n) is 4.12. The monoisotopic (exact) mass is 400 g/mol. The molecule has 5 rings (SSSR count). The Bertz CT molecular complexity index is 1240. The van der Waals surface area contributed by atoms with Gasteiger partial charge in [0.25, 0.3) is 0 Å². The van der Waals surface area contributed by atoms with E-state index in [2.05, 4.69) is 4.98 Å². The van der Waals surface area contributed by atoms with Gasteiger partial charge in [-0.1, -0.05) is 54.1 Å². The molecule has 1 atom stereocenters. The number of benzene rings is 3. The molecule has 1 aliphatic heterocycles. The molecule has 1 aromatic heterocycles. The lowest BCUT2D eigenvalue weighted by Crippen LogP contribution is -2.14. The molecule has 150 valence electrons. The van der Waals surface area contributed by atoms with Crippen LogP contribution in [0, 0.1) is 17.0 Å². The van der Waals surface area contributed by atoms with Crippen LogP contribution in [-0.4, -0.2) is 23.2 Å². The predicted molar refractivity (Wildman–Crippen MR) is 115 cm³/mol. The summed E-state index contributed by atoms with van der Waals surface area (Å²) >= 11 is 0. The van der Waals surface area contributed by atoms with Gasteiger partial charge in [0.15, 0.2) is 11.5 Å². The van der Waals surface area contributed by atoms with Gasteiger partial charge in [0.2, 0.25) is 13.3 Å². The maximum atomic E-state index is 11.7. The molecule has 1 aliphatic rings. The zero-order valence-corrected chi connectivity index (χ0v) is 16.4. The van der Waals surface area contributed by atoms with Crippen molar-refractivity contribution in [3.63, 3.8) is 0 Å². The van der Waals surface area contributed by atoms with E-state index in [1.165, 1.54) is 0 Å². The van der Waals surface area contributed by atoms with Crippen LogP contribution in [0.2, 0.25) is 0 Å². The lowest BCUT2D eigenvalue weighted by Gasteiger charge is -2.16. The SMILES string of the molecule is Cc1ccc(-c2[nH]c3ccccc3c2[C@@H](C[N+](=O)[O-])c2ccc3c(c2)OCO3)cc1. The van der Waals surface area contributed by atoms with Crippen molar-refractivity contribution >= 4 is 10.9 Å². The number of hydrogen-bond donors (Lipinski definition) is 1. The Kier molecular flexibility index (Phi) is 4.39. The van der Waals surface area contributed by atoms with Crippen molar-refractivity contribution in [1.29, 1.82) is 0 Å². The molecule has 1 N–H and O–H groups in total. The molecule has 2 heterocycles. The van der Waals surface area contributed by atoms with E-state index in [1.54, 1.807) is 0 Å². The number of rotatable bonds is 5. The number of nitrogens with one attached hydrogen (secondary N) is 1. The zero-order chi connectivity index (χ0) is 20.7. The van der Waals surface area contributed by atoms with Crippen molar-refractivity contribution in [3.8, 4) is 22.8 Å². The number of ether oxygens (including phenoxy) is 2. The fourth-order valence-corrected chi connectivity index (χ4v) is 4.12. The second-order valence-corrected chi connectivity index (χ2v) is 7.51. The van der Waals surface area contributed by atoms with Crippen LogP contribution >= 0.6 is 0 Å². The van der Waals surface area contributed by atoms with Gasteiger partial charge in [0.1, 0.15) is 0 Å². The number of para-hydroxylation sites is 1. The summed E-state index contributed by atoms with van der Waals surface area (Å²) < 4.78 is 10.9. The van der Waals surface area contributed by atoms with Crippen molar-refractivity contribution in [2.24, 2.45) is 0 Å². The Hall–Kier alpha value is -3.80. The van der Waals surface area contributed by atoms with E-state index in [-0.39, 0.29) is 18.3 Å². The summed E-state index contributed by atoms with van der Waals surface area (Å²) in [4.78, 5) is 14.9. The Morgan fingerprint density at radius 2 is 1.80 bits per heavy atom.